The zero-order valence-corrected chi connectivity index (χ0v) is 22.9. The van der Waals surface area contributed by atoms with Crippen molar-refractivity contribution in [1.29, 1.82) is 0 Å². The third-order valence-electron chi connectivity index (χ3n) is 7.08. The van der Waals surface area contributed by atoms with Gasteiger partial charge in [-0.1, -0.05) is 56.5 Å². The van der Waals surface area contributed by atoms with E-state index in [1.807, 2.05) is 18.2 Å². The number of ether oxygens (including phenoxy) is 2. The van der Waals surface area contributed by atoms with Crippen LogP contribution >= 0.6 is 15.9 Å². The van der Waals surface area contributed by atoms with Gasteiger partial charge in [0.2, 0.25) is 0 Å². The van der Waals surface area contributed by atoms with Gasteiger partial charge >= 0.3 is 0 Å². The van der Waals surface area contributed by atoms with E-state index in [1.54, 1.807) is 19.2 Å². The Morgan fingerprint density at radius 1 is 0.917 bits per heavy atom. The Balaban J connectivity index is 1.52. The summed E-state index contributed by atoms with van der Waals surface area (Å²) in [7, 11) is 1.58. The summed E-state index contributed by atoms with van der Waals surface area (Å²) in [6.45, 7) is 2.86. The minimum Gasteiger partial charge on any atom is -0.493 e. The van der Waals surface area contributed by atoms with Gasteiger partial charge in [0.15, 0.2) is 11.5 Å². The maximum Gasteiger partial charge on any atom is 0.175 e. The molecule has 1 unspecified atom stereocenters. The molecule has 0 amide bonds. The first-order valence-electron chi connectivity index (χ1n) is 13.1. The molecule has 1 aliphatic rings. The van der Waals surface area contributed by atoms with Gasteiger partial charge in [0.25, 0.3) is 0 Å². The monoisotopic (exact) mass is 554 g/mol. The number of rotatable bonds is 12. The molecule has 36 heavy (non-hydrogen) atoms. The van der Waals surface area contributed by atoms with E-state index in [0.717, 1.165) is 29.9 Å². The Morgan fingerprint density at radius 3 is 2.44 bits per heavy atom. The molecule has 0 saturated heterocycles. The molecule has 4 rings (SSSR count). The first kappa shape index (κ1) is 26.7. The van der Waals surface area contributed by atoms with Crippen molar-refractivity contribution in [2.24, 2.45) is 5.92 Å². The number of methoxy groups -OCH3 is 1. The maximum absolute atomic E-state index is 15.4. The second-order valence-corrected chi connectivity index (χ2v) is 10.6. The summed E-state index contributed by atoms with van der Waals surface area (Å²) in [4.78, 5) is 0. The van der Waals surface area contributed by atoms with Crippen LogP contribution in [0.1, 0.15) is 56.6 Å². The maximum atomic E-state index is 15.4. The summed E-state index contributed by atoms with van der Waals surface area (Å²) in [5.74, 6) is 1.60. The zero-order chi connectivity index (χ0) is 25.5. The van der Waals surface area contributed by atoms with Crippen molar-refractivity contribution in [1.82, 2.24) is 0 Å². The van der Waals surface area contributed by atoms with E-state index in [-0.39, 0.29) is 12.4 Å². The minimum atomic E-state index is -0.268. The smallest absolute Gasteiger partial charge is 0.175 e. The summed E-state index contributed by atoms with van der Waals surface area (Å²) in [5.41, 5.74) is 6.06. The Hall–Kier alpha value is -2.37. The van der Waals surface area contributed by atoms with E-state index in [2.05, 4.69) is 41.1 Å². The lowest BCUT2D eigenvalue weighted by Gasteiger charge is -2.15. The van der Waals surface area contributed by atoms with Gasteiger partial charge in [0.1, 0.15) is 5.82 Å². The van der Waals surface area contributed by atoms with E-state index >= 15 is 4.39 Å². The number of benzene rings is 3. The Morgan fingerprint density at radius 2 is 1.69 bits per heavy atom. The van der Waals surface area contributed by atoms with Crippen LogP contribution in [-0.2, 0) is 12.8 Å². The molecule has 1 aliphatic carbocycles. The highest BCUT2D eigenvalue weighted by Gasteiger charge is 2.22. The second-order valence-electron chi connectivity index (χ2n) is 9.72. The van der Waals surface area contributed by atoms with Gasteiger partial charge in [0, 0.05) is 12.2 Å². The van der Waals surface area contributed by atoms with Crippen LogP contribution in [0.15, 0.2) is 53.0 Å². The summed E-state index contributed by atoms with van der Waals surface area (Å²) >= 11 is 3.56. The molecule has 1 atom stereocenters. The first-order chi connectivity index (χ1) is 17.5. The molecule has 0 bridgehead atoms. The van der Waals surface area contributed by atoms with Crippen LogP contribution in [0.3, 0.4) is 0 Å². The van der Waals surface area contributed by atoms with Crippen molar-refractivity contribution >= 4 is 15.9 Å². The molecule has 0 heterocycles. The number of fused-ring (bicyclic) bond motifs is 1. The van der Waals surface area contributed by atoms with Crippen LogP contribution in [0, 0.1) is 11.7 Å². The zero-order valence-electron chi connectivity index (χ0n) is 21.3. The molecule has 0 radical (unpaired) electrons. The fourth-order valence-electron chi connectivity index (χ4n) is 5.11. The normalized spacial score (nSPS) is 14.6. The van der Waals surface area contributed by atoms with Crippen molar-refractivity contribution in [2.75, 3.05) is 20.3 Å². The quantitative estimate of drug-likeness (QED) is 0.228. The fourth-order valence-corrected chi connectivity index (χ4v) is 5.66. The van der Waals surface area contributed by atoms with E-state index < -0.39 is 0 Å². The molecule has 3 aromatic carbocycles. The summed E-state index contributed by atoms with van der Waals surface area (Å²) < 4.78 is 27.5. The van der Waals surface area contributed by atoms with Crippen molar-refractivity contribution in [3.05, 3.63) is 69.9 Å². The standard InChI is InChI=1S/C31H36BrFO3/c1-3-4-5-8-21-15-22-9-10-23(17-25(22)16-21)24-11-12-27(29(33)19-24)26-18-28(32)31(30(20-26)35-2)36-14-7-6-13-34/h9-12,17-21,34H,3-8,13-16H2,1-2H3. The van der Waals surface area contributed by atoms with E-state index in [4.69, 9.17) is 14.6 Å². The van der Waals surface area contributed by atoms with Crippen molar-refractivity contribution in [3.8, 4) is 33.8 Å². The van der Waals surface area contributed by atoms with Crippen LogP contribution < -0.4 is 9.47 Å². The Bertz CT molecular complexity index is 1180. The number of hydrogen-bond acceptors (Lipinski definition) is 3. The van der Waals surface area contributed by atoms with Crippen LogP contribution in [0.2, 0.25) is 0 Å². The number of halogens is 2. The van der Waals surface area contributed by atoms with Crippen molar-refractivity contribution in [2.45, 2.75) is 58.3 Å². The molecule has 0 fully saturated rings. The van der Waals surface area contributed by atoms with Gasteiger partial charge in [-0.3, -0.25) is 0 Å². The average Bonchev–Trinajstić information content (AvgIpc) is 3.29. The van der Waals surface area contributed by atoms with Gasteiger partial charge in [-0.2, -0.15) is 0 Å². The van der Waals surface area contributed by atoms with Crippen LogP contribution in [0.4, 0.5) is 4.39 Å². The minimum absolute atomic E-state index is 0.140. The number of aliphatic hydroxyl groups is 1. The van der Waals surface area contributed by atoms with E-state index in [1.165, 1.54) is 43.2 Å². The summed E-state index contributed by atoms with van der Waals surface area (Å²) in [5, 5.41) is 8.96. The molecule has 3 aromatic rings. The summed E-state index contributed by atoms with van der Waals surface area (Å²) in [6, 6.07) is 15.7. The Kier molecular flexibility index (Phi) is 9.44. The molecule has 0 aromatic heterocycles. The van der Waals surface area contributed by atoms with Gasteiger partial charge in [-0.25, -0.2) is 4.39 Å². The highest BCUT2D eigenvalue weighted by molar-refractivity contribution is 9.10. The highest BCUT2D eigenvalue weighted by Crippen LogP contribution is 2.41. The Labute approximate surface area is 222 Å². The SMILES string of the molecule is CCCCCC1Cc2ccc(-c3ccc(-c4cc(Br)c(OCCCCO)c(OC)c4)c(F)c3)cc2C1. The number of unbranched alkanes of at least 4 members (excludes halogenated alkanes) is 3. The third kappa shape index (κ3) is 6.30. The fraction of sp³-hybridized carbons (Fsp3) is 0.419. The first-order valence-corrected chi connectivity index (χ1v) is 13.9. The van der Waals surface area contributed by atoms with Gasteiger partial charge in [-0.15, -0.1) is 0 Å². The third-order valence-corrected chi connectivity index (χ3v) is 7.67. The van der Waals surface area contributed by atoms with Crippen molar-refractivity contribution in [3.63, 3.8) is 0 Å². The van der Waals surface area contributed by atoms with Gasteiger partial charge in [-0.05, 0) is 100.0 Å². The molecular weight excluding hydrogens is 519 g/mol. The van der Waals surface area contributed by atoms with Crippen LogP contribution in [0.25, 0.3) is 22.3 Å². The predicted octanol–water partition coefficient (Wildman–Crippen LogP) is 8.38. The molecule has 1 N–H and O–H groups in total. The highest BCUT2D eigenvalue weighted by atomic mass is 79.9. The van der Waals surface area contributed by atoms with Crippen LogP contribution in [-0.4, -0.2) is 25.4 Å². The molecule has 0 spiro atoms. The lowest BCUT2D eigenvalue weighted by Crippen LogP contribution is -2.01. The van der Waals surface area contributed by atoms with Crippen molar-refractivity contribution < 1.29 is 19.0 Å². The van der Waals surface area contributed by atoms with E-state index in [9.17, 15) is 0 Å². The van der Waals surface area contributed by atoms with E-state index in [0.29, 0.717) is 40.1 Å². The molecule has 5 heteroatoms. The molecule has 192 valence electrons. The lowest BCUT2D eigenvalue weighted by molar-refractivity contribution is 0.247. The number of aliphatic hydroxyl groups excluding tert-OH is 1. The van der Waals surface area contributed by atoms with Crippen LogP contribution in [0.5, 0.6) is 11.5 Å². The lowest BCUT2D eigenvalue weighted by atomic mass is 9.97. The second kappa shape index (κ2) is 12.7. The molecule has 0 saturated carbocycles. The topological polar surface area (TPSA) is 38.7 Å². The van der Waals surface area contributed by atoms with Gasteiger partial charge < -0.3 is 14.6 Å². The molecule has 0 aliphatic heterocycles. The summed E-state index contributed by atoms with van der Waals surface area (Å²) in [6.07, 6.45) is 8.91. The molecular formula is C31H36BrFO3. The number of hydrogen-bond donors (Lipinski definition) is 1. The van der Waals surface area contributed by atoms with Gasteiger partial charge in [0.05, 0.1) is 18.2 Å². The largest absolute Gasteiger partial charge is 0.493 e. The average molecular weight is 556 g/mol. The molecule has 3 nitrogen and oxygen atoms in total. The predicted molar refractivity (Wildman–Crippen MR) is 148 cm³/mol.